The number of hydrogen-bond donors (Lipinski definition) is 0. The SMILES string of the molecule is Cc1c(-c2ncc(C3CCCCC3)s2)nc(-c2ccc(Cl)cc2Cl)n1-c1ccc(Cl)cc1. The highest BCUT2D eigenvalue weighted by atomic mass is 35.5. The standard InChI is InChI=1S/C25H22Cl3N3S/c1-15-23(25-29-14-22(32-25)16-5-3-2-4-6-16)30-24(20-12-9-18(27)13-21(20)28)31(15)19-10-7-17(26)8-11-19/h7-14,16H,2-6H2,1H3. The molecule has 1 saturated carbocycles. The Morgan fingerprint density at radius 1 is 0.938 bits per heavy atom. The van der Waals surface area contributed by atoms with Gasteiger partial charge in [0.05, 0.1) is 10.7 Å². The minimum absolute atomic E-state index is 0.561. The molecule has 0 bridgehead atoms. The van der Waals surface area contributed by atoms with Gasteiger partial charge >= 0.3 is 0 Å². The van der Waals surface area contributed by atoms with Crippen molar-refractivity contribution in [2.75, 3.05) is 0 Å². The first-order valence-corrected chi connectivity index (χ1v) is 12.7. The fraction of sp³-hybridized carbons (Fsp3) is 0.280. The van der Waals surface area contributed by atoms with E-state index in [-0.39, 0.29) is 0 Å². The first-order chi connectivity index (χ1) is 15.5. The summed E-state index contributed by atoms with van der Waals surface area (Å²) in [6.45, 7) is 2.08. The average Bonchev–Trinajstić information content (AvgIpc) is 3.40. The van der Waals surface area contributed by atoms with Crippen molar-refractivity contribution in [2.45, 2.75) is 44.9 Å². The van der Waals surface area contributed by atoms with Crippen molar-refractivity contribution in [3.63, 3.8) is 0 Å². The zero-order chi connectivity index (χ0) is 22.2. The van der Waals surface area contributed by atoms with Crippen LogP contribution in [0.15, 0.2) is 48.7 Å². The molecule has 5 rings (SSSR count). The fourth-order valence-corrected chi connectivity index (χ4v) is 6.18. The summed E-state index contributed by atoms with van der Waals surface area (Å²) in [5.41, 5.74) is 3.69. The van der Waals surface area contributed by atoms with Crippen LogP contribution in [0.1, 0.15) is 48.6 Å². The van der Waals surface area contributed by atoms with Crippen LogP contribution in [0.3, 0.4) is 0 Å². The van der Waals surface area contributed by atoms with Crippen molar-refractivity contribution in [3.05, 3.63) is 74.3 Å². The highest BCUT2D eigenvalue weighted by molar-refractivity contribution is 7.15. The highest BCUT2D eigenvalue weighted by Gasteiger charge is 2.24. The van der Waals surface area contributed by atoms with Crippen LogP contribution in [0, 0.1) is 6.92 Å². The number of rotatable bonds is 4. The van der Waals surface area contributed by atoms with E-state index in [4.69, 9.17) is 44.8 Å². The molecule has 1 fully saturated rings. The van der Waals surface area contributed by atoms with E-state index < -0.39 is 0 Å². The van der Waals surface area contributed by atoms with Gasteiger partial charge in [0.25, 0.3) is 0 Å². The Kier molecular flexibility index (Phi) is 6.31. The van der Waals surface area contributed by atoms with Gasteiger partial charge in [0, 0.05) is 32.4 Å². The number of aromatic nitrogens is 3. The predicted octanol–water partition coefficient (Wildman–Crippen LogP) is 8.98. The van der Waals surface area contributed by atoms with Crippen LogP contribution in [-0.2, 0) is 0 Å². The van der Waals surface area contributed by atoms with Gasteiger partial charge in [-0.3, -0.25) is 4.57 Å². The van der Waals surface area contributed by atoms with Crippen molar-refractivity contribution in [1.29, 1.82) is 0 Å². The van der Waals surface area contributed by atoms with E-state index in [1.807, 2.05) is 42.6 Å². The Hall–Kier alpha value is -1.85. The second kappa shape index (κ2) is 9.18. The number of thiazole rings is 1. The number of nitrogens with zero attached hydrogens (tertiary/aromatic N) is 3. The third-order valence-corrected chi connectivity index (χ3v) is 8.06. The molecule has 3 nitrogen and oxygen atoms in total. The Labute approximate surface area is 207 Å². The smallest absolute Gasteiger partial charge is 0.147 e. The molecule has 0 amide bonds. The summed E-state index contributed by atoms with van der Waals surface area (Å²) in [6, 6.07) is 13.2. The lowest BCUT2D eigenvalue weighted by atomic mass is 9.89. The first kappa shape index (κ1) is 22.0. The summed E-state index contributed by atoms with van der Waals surface area (Å²) in [5, 5.41) is 2.79. The topological polar surface area (TPSA) is 30.7 Å². The molecule has 0 atom stereocenters. The monoisotopic (exact) mass is 501 g/mol. The third kappa shape index (κ3) is 4.22. The Morgan fingerprint density at radius 3 is 2.38 bits per heavy atom. The molecule has 0 radical (unpaired) electrons. The quantitative estimate of drug-likeness (QED) is 0.279. The van der Waals surface area contributed by atoms with Gasteiger partial charge in [0.2, 0.25) is 0 Å². The number of halogens is 3. The van der Waals surface area contributed by atoms with Crippen molar-refractivity contribution in [2.24, 2.45) is 0 Å². The van der Waals surface area contributed by atoms with Crippen LogP contribution >= 0.6 is 46.1 Å². The van der Waals surface area contributed by atoms with Gasteiger partial charge in [0.15, 0.2) is 0 Å². The molecule has 7 heteroatoms. The molecule has 1 aliphatic carbocycles. The van der Waals surface area contributed by atoms with Gasteiger partial charge < -0.3 is 0 Å². The normalized spacial score (nSPS) is 14.8. The molecule has 32 heavy (non-hydrogen) atoms. The molecule has 0 unspecified atom stereocenters. The first-order valence-electron chi connectivity index (χ1n) is 10.8. The summed E-state index contributed by atoms with van der Waals surface area (Å²) in [6.07, 6.45) is 8.52. The zero-order valence-corrected chi connectivity index (χ0v) is 20.7. The molecule has 1 aliphatic rings. The van der Waals surface area contributed by atoms with Gasteiger partial charge in [-0.2, -0.15) is 0 Å². The van der Waals surface area contributed by atoms with E-state index in [0.717, 1.165) is 33.5 Å². The molecule has 0 spiro atoms. The second-order valence-corrected chi connectivity index (χ2v) is 10.6. The van der Waals surface area contributed by atoms with Gasteiger partial charge in [-0.25, -0.2) is 9.97 Å². The maximum Gasteiger partial charge on any atom is 0.147 e. The highest BCUT2D eigenvalue weighted by Crippen LogP contribution is 2.40. The van der Waals surface area contributed by atoms with Crippen LogP contribution in [0.2, 0.25) is 15.1 Å². The maximum atomic E-state index is 6.59. The fourth-order valence-electron chi connectivity index (χ4n) is 4.43. The molecule has 4 aromatic rings. The number of benzene rings is 2. The zero-order valence-electron chi connectivity index (χ0n) is 17.6. The molecular formula is C25H22Cl3N3S. The summed E-state index contributed by atoms with van der Waals surface area (Å²) in [5.74, 6) is 1.38. The van der Waals surface area contributed by atoms with Crippen LogP contribution in [0.5, 0.6) is 0 Å². The van der Waals surface area contributed by atoms with Gasteiger partial charge in [-0.1, -0.05) is 54.1 Å². The summed E-state index contributed by atoms with van der Waals surface area (Å²) >= 11 is 20.7. The van der Waals surface area contributed by atoms with Crippen molar-refractivity contribution in [3.8, 4) is 27.8 Å². The molecule has 0 N–H and O–H groups in total. The Balaban J connectivity index is 1.64. The van der Waals surface area contributed by atoms with E-state index in [2.05, 4.69) is 11.5 Å². The number of imidazole rings is 1. The average molecular weight is 503 g/mol. The third-order valence-electron chi connectivity index (χ3n) is 6.10. The summed E-state index contributed by atoms with van der Waals surface area (Å²) in [7, 11) is 0. The predicted molar refractivity (Wildman–Crippen MR) is 136 cm³/mol. The van der Waals surface area contributed by atoms with Gasteiger partial charge in [-0.05, 0) is 68.1 Å². The lowest BCUT2D eigenvalue weighted by molar-refractivity contribution is 0.448. The maximum absolute atomic E-state index is 6.59. The van der Waals surface area contributed by atoms with Crippen LogP contribution in [-0.4, -0.2) is 14.5 Å². The van der Waals surface area contributed by atoms with Crippen LogP contribution < -0.4 is 0 Å². The molecule has 0 aliphatic heterocycles. The minimum Gasteiger partial charge on any atom is -0.296 e. The lowest BCUT2D eigenvalue weighted by Crippen LogP contribution is -2.02. The van der Waals surface area contributed by atoms with Gasteiger partial charge in [-0.15, -0.1) is 11.3 Å². The summed E-state index contributed by atoms with van der Waals surface area (Å²) < 4.78 is 2.11. The minimum atomic E-state index is 0.561. The molecular weight excluding hydrogens is 481 g/mol. The number of hydrogen-bond acceptors (Lipinski definition) is 3. The second-order valence-electron chi connectivity index (χ2n) is 8.21. The van der Waals surface area contributed by atoms with E-state index in [0.29, 0.717) is 21.0 Å². The molecule has 2 aromatic heterocycles. The Morgan fingerprint density at radius 2 is 1.66 bits per heavy atom. The summed E-state index contributed by atoms with van der Waals surface area (Å²) in [4.78, 5) is 11.2. The van der Waals surface area contributed by atoms with Crippen LogP contribution in [0.25, 0.3) is 27.8 Å². The van der Waals surface area contributed by atoms with Crippen molar-refractivity contribution in [1.82, 2.24) is 14.5 Å². The van der Waals surface area contributed by atoms with Crippen molar-refractivity contribution >= 4 is 46.1 Å². The molecule has 2 heterocycles. The Bertz CT molecular complexity index is 1250. The van der Waals surface area contributed by atoms with E-state index in [1.165, 1.54) is 37.0 Å². The molecule has 0 saturated heterocycles. The lowest BCUT2D eigenvalue weighted by Gasteiger charge is -2.19. The van der Waals surface area contributed by atoms with Crippen molar-refractivity contribution < 1.29 is 0 Å². The largest absolute Gasteiger partial charge is 0.296 e. The van der Waals surface area contributed by atoms with E-state index in [1.54, 1.807) is 17.4 Å². The molecule has 164 valence electrons. The molecule has 2 aromatic carbocycles. The van der Waals surface area contributed by atoms with E-state index >= 15 is 0 Å². The van der Waals surface area contributed by atoms with Crippen LogP contribution in [0.4, 0.5) is 0 Å². The van der Waals surface area contributed by atoms with E-state index in [9.17, 15) is 0 Å². The van der Waals surface area contributed by atoms with Gasteiger partial charge in [0.1, 0.15) is 16.5 Å².